The van der Waals surface area contributed by atoms with Crippen molar-refractivity contribution in [1.29, 1.82) is 0 Å². The SMILES string of the molecule is Oc1ccc(Cl)cc1CNCCc1ncn[nH]1. The third-order valence-corrected chi connectivity index (χ3v) is 2.60. The number of phenols is 1. The van der Waals surface area contributed by atoms with Crippen molar-refractivity contribution in [3.8, 4) is 5.75 Å². The molecular formula is C11H13ClN4O. The van der Waals surface area contributed by atoms with Gasteiger partial charge in [0.15, 0.2) is 0 Å². The van der Waals surface area contributed by atoms with Gasteiger partial charge in [-0.25, -0.2) is 4.98 Å². The monoisotopic (exact) mass is 252 g/mol. The second-order valence-corrected chi connectivity index (χ2v) is 4.07. The maximum Gasteiger partial charge on any atom is 0.137 e. The fourth-order valence-electron chi connectivity index (χ4n) is 1.48. The van der Waals surface area contributed by atoms with Gasteiger partial charge < -0.3 is 10.4 Å². The first-order valence-corrected chi connectivity index (χ1v) is 5.66. The molecule has 1 heterocycles. The fourth-order valence-corrected chi connectivity index (χ4v) is 1.67. The Morgan fingerprint density at radius 1 is 1.41 bits per heavy atom. The summed E-state index contributed by atoms with van der Waals surface area (Å²) < 4.78 is 0. The maximum atomic E-state index is 9.59. The highest BCUT2D eigenvalue weighted by Gasteiger charge is 2.02. The zero-order valence-electron chi connectivity index (χ0n) is 9.15. The third kappa shape index (κ3) is 3.44. The molecule has 2 rings (SSSR count). The van der Waals surface area contributed by atoms with Crippen molar-refractivity contribution in [3.05, 3.63) is 40.9 Å². The van der Waals surface area contributed by atoms with Crippen LogP contribution in [0.1, 0.15) is 11.4 Å². The Hall–Kier alpha value is -1.59. The first-order valence-electron chi connectivity index (χ1n) is 5.28. The third-order valence-electron chi connectivity index (χ3n) is 2.36. The van der Waals surface area contributed by atoms with Crippen LogP contribution in [0.4, 0.5) is 0 Å². The molecule has 0 aliphatic carbocycles. The average molecular weight is 253 g/mol. The van der Waals surface area contributed by atoms with Gasteiger partial charge in [0.1, 0.15) is 17.9 Å². The standard InChI is InChI=1S/C11H13ClN4O/c12-9-1-2-10(17)8(5-9)6-13-4-3-11-14-7-15-16-11/h1-2,5,7,13,17H,3-4,6H2,(H,14,15,16). The van der Waals surface area contributed by atoms with E-state index < -0.39 is 0 Å². The molecule has 0 saturated heterocycles. The molecule has 0 amide bonds. The molecule has 1 aromatic carbocycles. The van der Waals surface area contributed by atoms with Crippen molar-refractivity contribution in [2.24, 2.45) is 0 Å². The summed E-state index contributed by atoms with van der Waals surface area (Å²) in [6.45, 7) is 1.32. The van der Waals surface area contributed by atoms with E-state index in [1.54, 1.807) is 18.2 Å². The summed E-state index contributed by atoms with van der Waals surface area (Å²) >= 11 is 5.85. The number of halogens is 1. The summed E-state index contributed by atoms with van der Waals surface area (Å²) in [7, 11) is 0. The number of hydrogen-bond donors (Lipinski definition) is 3. The molecule has 0 aliphatic heterocycles. The van der Waals surface area contributed by atoms with Crippen LogP contribution in [0, 0.1) is 0 Å². The van der Waals surface area contributed by atoms with Crippen molar-refractivity contribution in [2.45, 2.75) is 13.0 Å². The number of rotatable bonds is 5. The Morgan fingerprint density at radius 3 is 3.06 bits per heavy atom. The highest BCUT2D eigenvalue weighted by Crippen LogP contribution is 2.20. The lowest BCUT2D eigenvalue weighted by Gasteiger charge is -2.06. The van der Waals surface area contributed by atoms with E-state index in [-0.39, 0.29) is 5.75 Å². The Kier molecular flexibility index (Phi) is 3.95. The molecule has 2 aromatic rings. The number of H-pyrrole nitrogens is 1. The van der Waals surface area contributed by atoms with Crippen molar-refractivity contribution >= 4 is 11.6 Å². The fraction of sp³-hybridized carbons (Fsp3) is 0.273. The van der Waals surface area contributed by atoms with Crippen LogP contribution in [0.15, 0.2) is 24.5 Å². The van der Waals surface area contributed by atoms with E-state index in [4.69, 9.17) is 11.6 Å². The molecule has 17 heavy (non-hydrogen) atoms. The number of aromatic hydroxyl groups is 1. The van der Waals surface area contributed by atoms with Gasteiger partial charge in [-0.05, 0) is 18.2 Å². The highest BCUT2D eigenvalue weighted by molar-refractivity contribution is 6.30. The van der Waals surface area contributed by atoms with E-state index in [9.17, 15) is 5.11 Å². The molecule has 0 aliphatic rings. The van der Waals surface area contributed by atoms with Gasteiger partial charge in [-0.15, -0.1) is 0 Å². The molecule has 0 unspecified atom stereocenters. The van der Waals surface area contributed by atoms with Gasteiger partial charge in [0.25, 0.3) is 0 Å². The van der Waals surface area contributed by atoms with Crippen LogP contribution in [-0.2, 0) is 13.0 Å². The van der Waals surface area contributed by atoms with E-state index in [2.05, 4.69) is 20.5 Å². The van der Waals surface area contributed by atoms with Gasteiger partial charge in [-0.1, -0.05) is 11.6 Å². The van der Waals surface area contributed by atoms with E-state index >= 15 is 0 Å². The number of hydrogen-bond acceptors (Lipinski definition) is 4. The first kappa shape index (κ1) is 11.9. The Balaban J connectivity index is 1.80. The van der Waals surface area contributed by atoms with Gasteiger partial charge in [0.05, 0.1) is 0 Å². The molecule has 0 radical (unpaired) electrons. The van der Waals surface area contributed by atoms with E-state index in [0.717, 1.165) is 24.4 Å². The van der Waals surface area contributed by atoms with Crippen molar-refractivity contribution in [2.75, 3.05) is 6.54 Å². The van der Waals surface area contributed by atoms with Crippen LogP contribution >= 0.6 is 11.6 Å². The molecule has 0 spiro atoms. The second-order valence-electron chi connectivity index (χ2n) is 3.63. The molecule has 90 valence electrons. The summed E-state index contributed by atoms with van der Waals surface area (Å²) in [4.78, 5) is 4.02. The van der Waals surface area contributed by atoms with Crippen LogP contribution in [0.2, 0.25) is 5.02 Å². The smallest absolute Gasteiger partial charge is 0.137 e. The Labute approximate surface area is 104 Å². The molecule has 0 saturated carbocycles. The molecule has 6 heteroatoms. The minimum atomic E-state index is 0.251. The van der Waals surface area contributed by atoms with Crippen LogP contribution < -0.4 is 5.32 Å². The number of nitrogens with one attached hydrogen (secondary N) is 2. The molecule has 1 aromatic heterocycles. The molecular weight excluding hydrogens is 240 g/mol. The predicted molar refractivity (Wildman–Crippen MR) is 64.9 cm³/mol. The van der Waals surface area contributed by atoms with Gasteiger partial charge in [-0.2, -0.15) is 5.10 Å². The minimum Gasteiger partial charge on any atom is -0.508 e. The number of aromatic amines is 1. The minimum absolute atomic E-state index is 0.251. The number of benzene rings is 1. The summed E-state index contributed by atoms with van der Waals surface area (Å²) in [6.07, 6.45) is 2.25. The van der Waals surface area contributed by atoms with E-state index in [0.29, 0.717) is 11.6 Å². The molecule has 5 nitrogen and oxygen atoms in total. The van der Waals surface area contributed by atoms with Crippen LogP contribution in [0.25, 0.3) is 0 Å². The molecule has 3 N–H and O–H groups in total. The van der Waals surface area contributed by atoms with Crippen LogP contribution in [0.5, 0.6) is 5.75 Å². The van der Waals surface area contributed by atoms with Gasteiger partial charge in [-0.3, -0.25) is 5.10 Å². The second kappa shape index (κ2) is 5.65. The molecule has 0 bridgehead atoms. The first-order chi connectivity index (χ1) is 8.25. The van der Waals surface area contributed by atoms with Crippen molar-refractivity contribution in [3.63, 3.8) is 0 Å². The zero-order chi connectivity index (χ0) is 12.1. The highest BCUT2D eigenvalue weighted by atomic mass is 35.5. The Morgan fingerprint density at radius 2 is 2.29 bits per heavy atom. The predicted octanol–water partition coefficient (Wildman–Crippen LogP) is 1.50. The normalized spacial score (nSPS) is 10.6. The topological polar surface area (TPSA) is 73.8 Å². The maximum absolute atomic E-state index is 9.59. The number of phenolic OH excluding ortho intramolecular Hbond substituents is 1. The number of aromatic nitrogens is 3. The summed E-state index contributed by atoms with van der Waals surface area (Å²) in [6, 6.07) is 5.00. The van der Waals surface area contributed by atoms with Gasteiger partial charge in [0.2, 0.25) is 0 Å². The zero-order valence-corrected chi connectivity index (χ0v) is 9.91. The average Bonchev–Trinajstić information content (AvgIpc) is 2.82. The van der Waals surface area contributed by atoms with Gasteiger partial charge in [0, 0.05) is 30.1 Å². The van der Waals surface area contributed by atoms with E-state index in [1.165, 1.54) is 6.33 Å². The molecule has 0 fully saturated rings. The van der Waals surface area contributed by atoms with Crippen molar-refractivity contribution in [1.82, 2.24) is 20.5 Å². The largest absolute Gasteiger partial charge is 0.508 e. The lowest BCUT2D eigenvalue weighted by Crippen LogP contribution is -2.17. The van der Waals surface area contributed by atoms with Crippen molar-refractivity contribution < 1.29 is 5.11 Å². The Bertz CT molecular complexity index is 472. The van der Waals surface area contributed by atoms with Crippen LogP contribution in [-0.4, -0.2) is 26.8 Å². The van der Waals surface area contributed by atoms with Crippen LogP contribution in [0.3, 0.4) is 0 Å². The quantitative estimate of drug-likeness (QED) is 0.705. The van der Waals surface area contributed by atoms with E-state index in [1.807, 2.05) is 0 Å². The summed E-state index contributed by atoms with van der Waals surface area (Å²) in [5.41, 5.74) is 0.787. The summed E-state index contributed by atoms with van der Waals surface area (Å²) in [5.74, 6) is 1.09. The number of nitrogens with zero attached hydrogens (tertiary/aromatic N) is 2. The van der Waals surface area contributed by atoms with Gasteiger partial charge >= 0.3 is 0 Å². The lowest BCUT2D eigenvalue weighted by atomic mass is 10.2. The summed E-state index contributed by atoms with van der Waals surface area (Å²) in [5, 5.41) is 20.0. The lowest BCUT2D eigenvalue weighted by molar-refractivity contribution is 0.464. The molecule has 0 atom stereocenters.